The lowest BCUT2D eigenvalue weighted by atomic mass is 10.1. The third-order valence-corrected chi connectivity index (χ3v) is 4.18. The van der Waals surface area contributed by atoms with Crippen LogP contribution in [0, 0.1) is 0 Å². The maximum absolute atomic E-state index is 5.25. The quantitative estimate of drug-likeness (QED) is 0.716. The molecule has 4 nitrogen and oxygen atoms in total. The van der Waals surface area contributed by atoms with Gasteiger partial charge in [-0.3, -0.25) is 0 Å². The molecule has 0 spiro atoms. The number of methoxy groups -OCH3 is 1. The summed E-state index contributed by atoms with van der Waals surface area (Å²) in [7, 11) is 1.67. The van der Waals surface area contributed by atoms with Gasteiger partial charge in [-0.25, -0.2) is 9.50 Å². The van der Waals surface area contributed by atoms with Crippen molar-refractivity contribution >= 4 is 16.3 Å². The monoisotopic (exact) mass is 287 g/mol. The first-order valence-corrected chi connectivity index (χ1v) is 7.61. The Labute approximate surface area is 122 Å². The fourth-order valence-corrected chi connectivity index (χ4v) is 3.01. The summed E-state index contributed by atoms with van der Waals surface area (Å²) in [5, 5.41) is 5.74. The minimum atomic E-state index is 0.843. The van der Waals surface area contributed by atoms with E-state index in [1.807, 2.05) is 35.0 Å². The lowest BCUT2D eigenvalue weighted by Gasteiger charge is -2.01. The Kier molecular flexibility index (Phi) is 3.69. The van der Waals surface area contributed by atoms with Gasteiger partial charge < -0.3 is 4.74 Å². The van der Waals surface area contributed by atoms with Gasteiger partial charge >= 0.3 is 0 Å². The van der Waals surface area contributed by atoms with Gasteiger partial charge in [0.2, 0.25) is 4.96 Å². The summed E-state index contributed by atoms with van der Waals surface area (Å²) in [5.74, 6) is 0.843. The first kappa shape index (κ1) is 13.1. The maximum atomic E-state index is 5.25. The van der Waals surface area contributed by atoms with Crippen LogP contribution < -0.4 is 4.74 Å². The Bertz CT molecular complexity index is 685. The van der Waals surface area contributed by atoms with Gasteiger partial charge in [-0.2, -0.15) is 5.10 Å². The van der Waals surface area contributed by atoms with Crippen molar-refractivity contribution in [1.82, 2.24) is 14.6 Å². The molecule has 0 N–H and O–H groups in total. The topological polar surface area (TPSA) is 39.4 Å². The highest BCUT2D eigenvalue weighted by molar-refractivity contribution is 7.16. The number of aromatic nitrogens is 3. The molecule has 0 amide bonds. The standard InChI is InChI=1S/C15H17N3OS/c1-3-4-8-14-17-18-10-13(16-15(18)20-14)11-6-5-7-12(9-11)19-2/h5-7,9-10H,3-4,8H2,1-2H3. The summed E-state index contributed by atoms with van der Waals surface area (Å²) in [6.45, 7) is 2.19. The van der Waals surface area contributed by atoms with E-state index in [1.165, 1.54) is 12.8 Å². The van der Waals surface area contributed by atoms with Crippen LogP contribution in [0.15, 0.2) is 30.5 Å². The zero-order valence-electron chi connectivity index (χ0n) is 11.7. The second kappa shape index (κ2) is 5.63. The Hall–Kier alpha value is -1.88. The summed E-state index contributed by atoms with van der Waals surface area (Å²) < 4.78 is 7.13. The van der Waals surface area contributed by atoms with E-state index < -0.39 is 0 Å². The summed E-state index contributed by atoms with van der Waals surface area (Å²) in [5.41, 5.74) is 1.99. The molecule has 0 aliphatic carbocycles. The zero-order valence-corrected chi connectivity index (χ0v) is 12.5. The van der Waals surface area contributed by atoms with Crippen LogP contribution in [0.2, 0.25) is 0 Å². The van der Waals surface area contributed by atoms with Crippen molar-refractivity contribution in [3.8, 4) is 17.0 Å². The molecule has 3 rings (SSSR count). The second-order valence-electron chi connectivity index (χ2n) is 4.68. The fourth-order valence-electron chi connectivity index (χ4n) is 2.09. The molecule has 20 heavy (non-hydrogen) atoms. The van der Waals surface area contributed by atoms with Crippen molar-refractivity contribution in [1.29, 1.82) is 0 Å². The van der Waals surface area contributed by atoms with Gasteiger partial charge in [0.25, 0.3) is 0 Å². The van der Waals surface area contributed by atoms with Crippen LogP contribution in [0.1, 0.15) is 24.8 Å². The number of hydrogen-bond acceptors (Lipinski definition) is 4. The van der Waals surface area contributed by atoms with Gasteiger partial charge in [-0.05, 0) is 18.6 Å². The summed E-state index contributed by atoms with van der Waals surface area (Å²) in [4.78, 5) is 5.60. The molecule has 0 aliphatic rings. The average molecular weight is 287 g/mol. The van der Waals surface area contributed by atoms with Crippen LogP contribution in [-0.2, 0) is 6.42 Å². The molecule has 0 unspecified atom stereocenters. The van der Waals surface area contributed by atoms with Crippen molar-refractivity contribution in [2.45, 2.75) is 26.2 Å². The van der Waals surface area contributed by atoms with E-state index in [0.717, 1.165) is 33.4 Å². The molecule has 2 aromatic heterocycles. The Morgan fingerprint density at radius 3 is 3.00 bits per heavy atom. The minimum absolute atomic E-state index is 0.843. The summed E-state index contributed by atoms with van der Waals surface area (Å²) in [6.07, 6.45) is 5.39. The van der Waals surface area contributed by atoms with Crippen LogP contribution in [-0.4, -0.2) is 21.7 Å². The van der Waals surface area contributed by atoms with E-state index in [0.29, 0.717) is 0 Å². The largest absolute Gasteiger partial charge is 0.497 e. The van der Waals surface area contributed by atoms with Gasteiger partial charge in [0.1, 0.15) is 10.8 Å². The number of fused-ring (bicyclic) bond motifs is 1. The molecule has 0 bridgehead atoms. The summed E-state index contributed by atoms with van der Waals surface area (Å²) >= 11 is 1.67. The van der Waals surface area contributed by atoms with E-state index >= 15 is 0 Å². The number of unbranched alkanes of at least 4 members (excludes halogenated alkanes) is 1. The van der Waals surface area contributed by atoms with Gasteiger partial charge in [-0.1, -0.05) is 36.8 Å². The highest BCUT2D eigenvalue weighted by Gasteiger charge is 2.09. The number of benzene rings is 1. The van der Waals surface area contributed by atoms with E-state index in [9.17, 15) is 0 Å². The van der Waals surface area contributed by atoms with E-state index in [1.54, 1.807) is 18.4 Å². The molecular formula is C15H17N3OS. The van der Waals surface area contributed by atoms with E-state index in [4.69, 9.17) is 4.74 Å². The zero-order chi connectivity index (χ0) is 13.9. The predicted molar refractivity (Wildman–Crippen MR) is 81.5 cm³/mol. The molecule has 3 aromatic rings. The molecule has 104 valence electrons. The number of nitrogens with zero attached hydrogens (tertiary/aromatic N) is 3. The smallest absolute Gasteiger partial charge is 0.212 e. The molecule has 0 atom stereocenters. The number of hydrogen-bond donors (Lipinski definition) is 0. The SMILES string of the molecule is CCCCc1nn2cc(-c3cccc(OC)c3)nc2s1. The first-order chi connectivity index (χ1) is 9.80. The van der Waals surface area contributed by atoms with Crippen molar-refractivity contribution in [2.24, 2.45) is 0 Å². The lowest BCUT2D eigenvalue weighted by molar-refractivity contribution is 0.415. The van der Waals surface area contributed by atoms with Crippen LogP contribution in [0.4, 0.5) is 0 Å². The lowest BCUT2D eigenvalue weighted by Crippen LogP contribution is -1.87. The van der Waals surface area contributed by atoms with Crippen LogP contribution >= 0.6 is 11.3 Å². The molecule has 0 fully saturated rings. The Morgan fingerprint density at radius 2 is 2.25 bits per heavy atom. The first-order valence-electron chi connectivity index (χ1n) is 6.79. The molecule has 0 aliphatic heterocycles. The maximum Gasteiger partial charge on any atom is 0.212 e. The Morgan fingerprint density at radius 1 is 1.35 bits per heavy atom. The minimum Gasteiger partial charge on any atom is -0.497 e. The highest BCUT2D eigenvalue weighted by Crippen LogP contribution is 2.25. The number of imidazole rings is 1. The second-order valence-corrected chi connectivity index (χ2v) is 5.73. The van der Waals surface area contributed by atoms with Gasteiger partial charge in [-0.15, -0.1) is 0 Å². The summed E-state index contributed by atoms with van der Waals surface area (Å²) in [6, 6.07) is 7.93. The molecule has 0 saturated carbocycles. The van der Waals surface area contributed by atoms with Crippen molar-refractivity contribution < 1.29 is 4.74 Å². The van der Waals surface area contributed by atoms with Crippen molar-refractivity contribution in [2.75, 3.05) is 7.11 Å². The van der Waals surface area contributed by atoms with Gasteiger partial charge in [0, 0.05) is 12.0 Å². The van der Waals surface area contributed by atoms with Gasteiger partial charge in [0.15, 0.2) is 0 Å². The molecule has 2 heterocycles. The van der Waals surface area contributed by atoms with E-state index in [-0.39, 0.29) is 0 Å². The molecule has 5 heteroatoms. The van der Waals surface area contributed by atoms with E-state index in [2.05, 4.69) is 17.0 Å². The molecule has 1 aromatic carbocycles. The van der Waals surface area contributed by atoms with Crippen LogP contribution in [0.5, 0.6) is 5.75 Å². The van der Waals surface area contributed by atoms with Crippen LogP contribution in [0.3, 0.4) is 0 Å². The number of ether oxygens (including phenoxy) is 1. The number of aryl methyl sites for hydroxylation is 1. The highest BCUT2D eigenvalue weighted by atomic mass is 32.1. The predicted octanol–water partition coefficient (Wildman–Crippen LogP) is 3.81. The third-order valence-electron chi connectivity index (χ3n) is 3.19. The average Bonchev–Trinajstić information content (AvgIpc) is 3.03. The van der Waals surface area contributed by atoms with Crippen molar-refractivity contribution in [3.63, 3.8) is 0 Å². The van der Waals surface area contributed by atoms with Crippen LogP contribution in [0.25, 0.3) is 16.2 Å². The van der Waals surface area contributed by atoms with Gasteiger partial charge in [0.05, 0.1) is 19.0 Å². The van der Waals surface area contributed by atoms with Crippen molar-refractivity contribution in [3.05, 3.63) is 35.5 Å². The normalized spacial score (nSPS) is 11.1. The molecule has 0 radical (unpaired) electrons. The Balaban J connectivity index is 1.90. The number of rotatable bonds is 5. The third kappa shape index (κ3) is 2.54. The molecular weight excluding hydrogens is 270 g/mol. The fraction of sp³-hybridized carbons (Fsp3) is 0.333. The molecule has 0 saturated heterocycles.